The summed E-state index contributed by atoms with van der Waals surface area (Å²) in [7, 11) is 0. The number of aromatic nitrogens is 2. The van der Waals surface area contributed by atoms with Crippen molar-refractivity contribution in [2.45, 2.75) is 6.92 Å². The lowest BCUT2D eigenvalue weighted by Gasteiger charge is -2.06. The van der Waals surface area contributed by atoms with Gasteiger partial charge in [-0.2, -0.15) is 0 Å². The lowest BCUT2D eigenvalue weighted by atomic mass is 10.0. The lowest BCUT2D eigenvalue weighted by molar-refractivity contribution is -0.131. The highest BCUT2D eigenvalue weighted by Crippen LogP contribution is 2.33. The summed E-state index contributed by atoms with van der Waals surface area (Å²) in [6.45, 7) is 1.30. The second-order valence-electron chi connectivity index (χ2n) is 6.26. The number of rotatable bonds is 4. The Morgan fingerprint density at radius 1 is 1.04 bits per heavy atom. The number of nitrogens with zero attached hydrogens (tertiary/aromatic N) is 1. The molecule has 0 saturated heterocycles. The van der Waals surface area contributed by atoms with Gasteiger partial charge in [0.2, 0.25) is 5.78 Å². The number of carbonyl (C=O) groups is 2. The third-order valence-corrected chi connectivity index (χ3v) is 4.56. The second kappa shape index (κ2) is 7.29. The molecule has 4 aromatic rings. The predicted octanol–water partition coefficient (Wildman–Crippen LogP) is 5.04. The van der Waals surface area contributed by atoms with Crippen LogP contribution in [0.15, 0.2) is 67.0 Å². The van der Waals surface area contributed by atoms with Crippen LogP contribution in [0.2, 0.25) is 5.02 Å². The largest absolute Gasteiger partial charge is 0.424 e. The standard InChI is InChI=1S/C22H15ClN2O3/c1-13(26)28-22-18-9-8-17(23)11-19(18)25-20(22)21(27)15-6-4-14(5-7-15)16-3-2-10-24-12-16/h2-12,25H,1H3. The summed E-state index contributed by atoms with van der Waals surface area (Å²) in [4.78, 5) is 31.8. The maximum absolute atomic E-state index is 13.1. The summed E-state index contributed by atoms with van der Waals surface area (Å²) in [5.41, 5.74) is 3.22. The normalized spacial score (nSPS) is 10.8. The third kappa shape index (κ3) is 3.40. The fourth-order valence-corrected chi connectivity index (χ4v) is 3.22. The molecule has 6 heteroatoms. The van der Waals surface area contributed by atoms with E-state index in [0.717, 1.165) is 11.1 Å². The summed E-state index contributed by atoms with van der Waals surface area (Å²) >= 11 is 6.04. The molecule has 4 rings (SSSR count). The summed E-state index contributed by atoms with van der Waals surface area (Å²) in [5.74, 6) is -0.571. The van der Waals surface area contributed by atoms with Crippen LogP contribution in [-0.2, 0) is 4.79 Å². The Morgan fingerprint density at radius 2 is 1.82 bits per heavy atom. The van der Waals surface area contributed by atoms with Crippen LogP contribution in [-0.4, -0.2) is 21.7 Å². The average Bonchev–Trinajstić information content (AvgIpc) is 3.05. The van der Waals surface area contributed by atoms with E-state index in [2.05, 4.69) is 9.97 Å². The highest BCUT2D eigenvalue weighted by molar-refractivity contribution is 6.31. The first-order valence-electron chi connectivity index (χ1n) is 8.58. The van der Waals surface area contributed by atoms with Crippen molar-refractivity contribution in [3.05, 3.63) is 83.3 Å². The molecule has 5 nitrogen and oxygen atoms in total. The Labute approximate surface area is 165 Å². The van der Waals surface area contributed by atoms with Gasteiger partial charge in [0, 0.05) is 35.3 Å². The minimum atomic E-state index is -0.503. The zero-order chi connectivity index (χ0) is 19.7. The van der Waals surface area contributed by atoms with Crippen LogP contribution < -0.4 is 4.74 Å². The first kappa shape index (κ1) is 17.9. The number of H-pyrrole nitrogens is 1. The molecule has 0 amide bonds. The van der Waals surface area contributed by atoms with Gasteiger partial charge >= 0.3 is 5.97 Å². The van der Waals surface area contributed by atoms with Gasteiger partial charge in [0.25, 0.3) is 0 Å². The van der Waals surface area contributed by atoms with Crippen LogP contribution in [0.4, 0.5) is 0 Å². The summed E-state index contributed by atoms with van der Waals surface area (Å²) in [6, 6.07) is 16.1. The van der Waals surface area contributed by atoms with Crippen molar-refractivity contribution in [2.24, 2.45) is 0 Å². The Kier molecular flexibility index (Phi) is 4.67. The van der Waals surface area contributed by atoms with E-state index in [1.165, 1.54) is 6.92 Å². The Bertz CT molecular complexity index is 1180. The molecule has 0 aliphatic carbocycles. The molecule has 0 unspecified atom stereocenters. The zero-order valence-corrected chi connectivity index (χ0v) is 15.7. The van der Waals surface area contributed by atoms with E-state index >= 15 is 0 Å². The van der Waals surface area contributed by atoms with Gasteiger partial charge in [-0.3, -0.25) is 14.6 Å². The number of pyridine rings is 1. The van der Waals surface area contributed by atoms with E-state index in [9.17, 15) is 9.59 Å². The van der Waals surface area contributed by atoms with Crippen LogP contribution >= 0.6 is 11.6 Å². The Hall–Kier alpha value is -3.44. The van der Waals surface area contributed by atoms with E-state index in [4.69, 9.17) is 16.3 Å². The number of hydrogen-bond donors (Lipinski definition) is 1. The molecule has 0 bridgehead atoms. The molecule has 0 radical (unpaired) electrons. The summed E-state index contributed by atoms with van der Waals surface area (Å²) < 4.78 is 5.33. The van der Waals surface area contributed by atoms with E-state index in [-0.39, 0.29) is 17.2 Å². The van der Waals surface area contributed by atoms with Gasteiger partial charge in [-0.25, -0.2) is 0 Å². The van der Waals surface area contributed by atoms with Gasteiger partial charge < -0.3 is 9.72 Å². The minimum Gasteiger partial charge on any atom is -0.424 e. The Balaban J connectivity index is 1.75. The van der Waals surface area contributed by atoms with Crippen molar-refractivity contribution < 1.29 is 14.3 Å². The van der Waals surface area contributed by atoms with E-state index in [1.807, 2.05) is 24.3 Å². The first-order valence-corrected chi connectivity index (χ1v) is 8.95. The molecule has 0 aliphatic rings. The van der Waals surface area contributed by atoms with Gasteiger partial charge in [-0.1, -0.05) is 41.9 Å². The molecule has 2 aromatic carbocycles. The van der Waals surface area contributed by atoms with Gasteiger partial charge in [0.15, 0.2) is 5.75 Å². The maximum Gasteiger partial charge on any atom is 0.308 e. The van der Waals surface area contributed by atoms with Crippen molar-refractivity contribution in [3.8, 4) is 16.9 Å². The van der Waals surface area contributed by atoms with Gasteiger partial charge in [0.1, 0.15) is 5.69 Å². The molecule has 2 heterocycles. The number of ketones is 1. The van der Waals surface area contributed by atoms with E-state index < -0.39 is 5.97 Å². The fourth-order valence-electron chi connectivity index (χ4n) is 3.05. The predicted molar refractivity (Wildman–Crippen MR) is 108 cm³/mol. The smallest absolute Gasteiger partial charge is 0.308 e. The van der Waals surface area contributed by atoms with E-state index in [0.29, 0.717) is 21.5 Å². The SMILES string of the molecule is CC(=O)Oc1c(C(=O)c2ccc(-c3cccnc3)cc2)[nH]c2cc(Cl)ccc12. The summed E-state index contributed by atoms with van der Waals surface area (Å²) in [6.07, 6.45) is 3.47. The van der Waals surface area contributed by atoms with Crippen LogP contribution in [0.1, 0.15) is 23.0 Å². The van der Waals surface area contributed by atoms with E-state index in [1.54, 1.807) is 42.7 Å². The van der Waals surface area contributed by atoms with Crippen LogP contribution in [0.5, 0.6) is 5.75 Å². The number of nitrogens with one attached hydrogen (secondary N) is 1. The quantitative estimate of drug-likeness (QED) is 0.391. The van der Waals surface area contributed by atoms with Crippen molar-refractivity contribution in [3.63, 3.8) is 0 Å². The van der Waals surface area contributed by atoms with Crippen molar-refractivity contribution in [1.82, 2.24) is 9.97 Å². The molecular weight excluding hydrogens is 376 g/mol. The molecule has 0 atom stereocenters. The van der Waals surface area contributed by atoms with Crippen LogP contribution in [0, 0.1) is 0 Å². The van der Waals surface area contributed by atoms with Crippen molar-refractivity contribution in [1.29, 1.82) is 0 Å². The second-order valence-corrected chi connectivity index (χ2v) is 6.70. The topological polar surface area (TPSA) is 72.1 Å². The Morgan fingerprint density at radius 3 is 2.50 bits per heavy atom. The monoisotopic (exact) mass is 390 g/mol. The molecular formula is C22H15ClN2O3. The van der Waals surface area contributed by atoms with Gasteiger partial charge in [-0.15, -0.1) is 0 Å². The van der Waals surface area contributed by atoms with Gasteiger partial charge in [0.05, 0.1) is 5.52 Å². The number of fused-ring (bicyclic) bond motifs is 1. The fraction of sp³-hybridized carbons (Fsp3) is 0.0455. The highest BCUT2D eigenvalue weighted by atomic mass is 35.5. The van der Waals surface area contributed by atoms with Crippen molar-refractivity contribution in [2.75, 3.05) is 0 Å². The molecule has 1 N–H and O–H groups in total. The van der Waals surface area contributed by atoms with Crippen LogP contribution in [0.3, 0.4) is 0 Å². The molecule has 0 spiro atoms. The highest BCUT2D eigenvalue weighted by Gasteiger charge is 2.22. The molecule has 138 valence electrons. The molecule has 2 aromatic heterocycles. The first-order chi connectivity index (χ1) is 13.5. The number of carbonyl (C=O) groups excluding carboxylic acids is 2. The zero-order valence-electron chi connectivity index (χ0n) is 14.9. The summed E-state index contributed by atoms with van der Waals surface area (Å²) in [5, 5.41) is 1.14. The van der Waals surface area contributed by atoms with Gasteiger partial charge in [-0.05, 0) is 35.4 Å². The number of benzene rings is 2. The number of halogens is 1. The van der Waals surface area contributed by atoms with Crippen molar-refractivity contribution >= 4 is 34.3 Å². The molecule has 0 saturated carbocycles. The van der Waals surface area contributed by atoms with Crippen LogP contribution in [0.25, 0.3) is 22.0 Å². The molecule has 0 aliphatic heterocycles. The number of ether oxygens (including phenoxy) is 1. The molecule has 0 fully saturated rings. The number of esters is 1. The minimum absolute atomic E-state index is 0.209. The third-order valence-electron chi connectivity index (χ3n) is 4.33. The lowest BCUT2D eigenvalue weighted by Crippen LogP contribution is -2.08. The molecule has 28 heavy (non-hydrogen) atoms. The number of hydrogen-bond acceptors (Lipinski definition) is 4. The number of aromatic amines is 1. The average molecular weight is 391 g/mol. The maximum atomic E-state index is 13.1.